The van der Waals surface area contributed by atoms with E-state index in [0.717, 1.165) is 25.7 Å². The van der Waals surface area contributed by atoms with Gasteiger partial charge in [0.1, 0.15) is 4.21 Å². The monoisotopic (exact) mass is 365 g/mol. The van der Waals surface area contributed by atoms with Crippen molar-refractivity contribution in [2.75, 3.05) is 13.1 Å². The minimum atomic E-state index is -3.31. The van der Waals surface area contributed by atoms with E-state index in [2.05, 4.69) is 29.8 Å². The molecule has 0 spiro atoms. The molecular weight excluding hydrogens is 346 g/mol. The molecule has 1 aromatic rings. The van der Waals surface area contributed by atoms with Gasteiger partial charge in [-0.2, -0.15) is 4.31 Å². The smallest absolute Gasteiger partial charge is 0.206 e. The molecule has 1 aliphatic rings. The molecule has 1 aromatic heterocycles. The van der Waals surface area contributed by atoms with Crippen LogP contribution in [0.15, 0.2) is 20.1 Å². The molecule has 6 heteroatoms. The molecule has 0 aliphatic carbocycles. The Labute approximate surface area is 128 Å². The molecule has 108 valence electrons. The first kappa shape index (κ1) is 15.5. The largest absolute Gasteiger partial charge is 0.253 e. The third kappa shape index (κ3) is 2.91. The summed E-state index contributed by atoms with van der Waals surface area (Å²) in [6.07, 6.45) is 4.23. The van der Waals surface area contributed by atoms with E-state index in [1.165, 1.54) is 11.3 Å². The number of sulfonamides is 1. The van der Waals surface area contributed by atoms with Crippen molar-refractivity contribution in [3.05, 3.63) is 15.9 Å². The van der Waals surface area contributed by atoms with Crippen molar-refractivity contribution in [1.29, 1.82) is 0 Å². The maximum Gasteiger partial charge on any atom is 0.253 e. The van der Waals surface area contributed by atoms with Crippen molar-refractivity contribution in [2.24, 2.45) is 5.41 Å². The zero-order valence-corrected chi connectivity index (χ0v) is 14.6. The molecule has 1 saturated heterocycles. The molecule has 3 nitrogen and oxygen atoms in total. The number of piperidine rings is 1. The molecular formula is C13H20BrNO2S2. The number of nitrogens with zero attached hydrogens (tertiary/aromatic N) is 1. The molecule has 0 amide bonds. The molecule has 2 rings (SSSR count). The summed E-state index contributed by atoms with van der Waals surface area (Å²) in [5.41, 5.74) is 0.346. The van der Waals surface area contributed by atoms with Crippen molar-refractivity contribution in [3.8, 4) is 0 Å². The highest BCUT2D eigenvalue weighted by atomic mass is 79.9. The minimum absolute atomic E-state index is 0.346. The van der Waals surface area contributed by atoms with Gasteiger partial charge in [0.05, 0.1) is 0 Å². The zero-order valence-electron chi connectivity index (χ0n) is 11.4. The first-order valence-electron chi connectivity index (χ1n) is 6.68. The van der Waals surface area contributed by atoms with Crippen LogP contribution in [0.3, 0.4) is 0 Å². The Hall–Kier alpha value is 0.0900. The summed E-state index contributed by atoms with van der Waals surface area (Å²) in [7, 11) is -3.31. The van der Waals surface area contributed by atoms with Crippen molar-refractivity contribution < 1.29 is 8.42 Å². The first-order valence-corrected chi connectivity index (χ1v) is 9.79. The van der Waals surface area contributed by atoms with E-state index >= 15 is 0 Å². The third-order valence-electron chi connectivity index (χ3n) is 4.44. The van der Waals surface area contributed by atoms with Crippen molar-refractivity contribution in [3.63, 3.8) is 0 Å². The number of thiophene rings is 1. The van der Waals surface area contributed by atoms with E-state index in [9.17, 15) is 8.42 Å². The van der Waals surface area contributed by atoms with Gasteiger partial charge in [0.2, 0.25) is 0 Å². The van der Waals surface area contributed by atoms with Gasteiger partial charge in [0, 0.05) is 17.6 Å². The number of rotatable bonds is 4. The van der Waals surface area contributed by atoms with Crippen LogP contribution >= 0.6 is 27.3 Å². The Morgan fingerprint density at radius 1 is 1.32 bits per heavy atom. The zero-order chi connectivity index (χ0) is 14.1. The van der Waals surface area contributed by atoms with Crippen LogP contribution in [0.5, 0.6) is 0 Å². The molecule has 0 unspecified atom stereocenters. The molecule has 0 atom stereocenters. The van der Waals surface area contributed by atoms with E-state index < -0.39 is 10.0 Å². The molecule has 0 N–H and O–H groups in total. The van der Waals surface area contributed by atoms with Crippen molar-refractivity contribution in [2.45, 2.75) is 43.7 Å². The molecule has 0 aromatic carbocycles. The lowest BCUT2D eigenvalue weighted by Crippen LogP contribution is -2.42. The van der Waals surface area contributed by atoms with Gasteiger partial charge in [-0.3, -0.25) is 0 Å². The Bertz CT molecular complexity index is 525. The summed E-state index contributed by atoms with van der Waals surface area (Å²) in [5, 5.41) is 1.81. The fourth-order valence-electron chi connectivity index (χ4n) is 2.74. The Morgan fingerprint density at radius 3 is 2.32 bits per heavy atom. The molecule has 1 fully saturated rings. The molecule has 1 aliphatic heterocycles. The summed E-state index contributed by atoms with van der Waals surface area (Å²) in [5.74, 6) is 0. The van der Waals surface area contributed by atoms with E-state index in [4.69, 9.17) is 0 Å². The Morgan fingerprint density at radius 2 is 1.89 bits per heavy atom. The SMILES string of the molecule is CCC1(CC)CCN(S(=O)(=O)c2sccc2Br)CC1. The summed E-state index contributed by atoms with van der Waals surface area (Å²) >= 11 is 4.61. The number of hydrogen-bond donors (Lipinski definition) is 0. The standard InChI is InChI=1S/C13H20BrNO2S2/c1-3-13(4-2)6-8-15(9-7-13)19(16,17)12-11(14)5-10-18-12/h5,10H,3-4,6-9H2,1-2H3. The highest BCUT2D eigenvalue weighted by Crippen LogP contribution is 2.40. The van der Waals surface area contributed by atoms with Gasteiger partial charge in [-0.1, -0.05) is 26.7 Å². The van der Waals surface area contributed by atoms with Crippen LogP contribution in [-0.2, 0) is 10.0 Å². The highest BCUT2D eigenvalue weighted by molar-refractivity contribution is 9.10. The van der Waals surface area contributed by atoms with Crippen LogP contribution in [-0.4, -0.2) is 25.8 Å². The fourth-order valence-corrected chi connectivity index (χ4v) is 6.63. The number of halogens is 1. The van der Waals surface area contributed by atoms with Crippen molar-refractivity contribution >= 4 is 37.3 Å². The summed E-state index contributed by atoms with van der Waals surface area (Å²) in [4.78, 5) is 0. The summed E-state index contributed by atoms with van der Waals surface area (Å²) < 4.78 is 27.9. The van der Waals surface area contributed by atoms with E-state index in [0.29, 0.717) is 27.2 Å². The second-order valence-corrected chi connectivity index (χ2v) is 9.07. The van der Waals surface area contributed by atoms with Crippen LogP contribution < -0.4 is 0 Å². The minimum Gasteiger partial charge on any atom is -0.206 e. The van der Waals surface area contributed by atoms with Crippen LogP contribution in [0.4, 0.5) is 0 Å². The van der Waals surface area contributed by atoms with Gasteiger partial charge >= 0.3 is 0 Å². The number of hydrogen-bond acceptors (Lipinski definition) is 3. The van der Waals surface area contributed by atoms with Crippen molar-refractivity contribution in [1.82, 2.24) is 4.31 Å². The third-order valence-corrected chi connectivity index (χ3v) is 8.99. The lowest BCUT2D eigenvalue weighted by molar-refractivity contribution is 0.142. The topological polar surface area (TPSA) is 37.4 Å². The van der Waals surface area contributed by atoms with Crippen LogP contribution in [0.25, 0.3) is 0 Å². The van der Waals surface area contributed by atoms with E-state index in [1.807, 2.05) is 5.38 Å². The quantitative estimate of drug-likeness (QED) is 0.805. The average Bonchev–Trinajstić information content (AvgIpc) is 2.86. The summed E-state index contributed by atoms with van der Waals surface area (Å²) in [6.45, 7) is 5.72. The van der Waals surface area contributed by atoms with Crippen LogP contribution in [0.2, 0.25) is 0 Å². The second kappa shape index (κ2) is 5.84. The fraction of sp³-hybridized carbons (Fsp3) is 0.692. The molecule has 19 heavy (non-hydrogen) atoms. The maximum absolute atomic E-state index is 12.6. The van der Waals surface area contributed by atoms with Gasteiger partial charge in [-0.25, -0.2) is 8.42 Å². The molecule has 0 bridgehead atoms. The van der Waals surface area contributed by atoms with Crippen LogP contribution in [0.1, 0.15) is 39.5 Å². The van der Waals surface area contributed by atoms with Gasteiger partial charge in [-0.15, -0.1) is 11.3 Å². The average molecular weight is 366 g/mol. The Kier molecular flexibility index (Phi) is 4.75. The molecule has 0 radical (unpaired) electrons. The molecule has 0 saturated carbocycles. The summed E-state index contributed by atoms with van der Waals surface area (Å²) in [6, 6.07) is 1.80. The Balaban J connectivity index is 2.16. The second-order valence-electron chi connectivity index (χ2n) is 5.17. The van der Waals surface area contributed by atoms with Crippen LogP contribution in [0, 0.1) is 5.41 Å². The predicted molar refractivity (Wildman–Crippen MR) is 83.0 cm³/mol. The predicted octanol–water partition coefficient (Wildman–Crippen LogP) is 4.10. The highest BCUT2D eigenvalue weighted by Gasteiger charge is 2.37. The van der Waals surface area contributed by atoms with E-state index in [-0.39, 0.29) is 0 Å². The first-order chi connectivity index (χ1) is 8.95. The van der Waals surface area contributed by atoms with Gasteiger partial charge < -0.3 is 0 Å². The maximum atomic E-state index is 12.6. The normalized spacial score (nSPS) is 20.6. The lowest BCUT2D eigenvalue weighted by Gasteiger charge is -2.40. The van der Waals surface area contributed by atoms with Gasteiger partial charge in [0.25, 0.3) is 10.0 Å². The lowest BCUT2D eigenvalue weighted by atomic mass is 9.75. The van der Waals surface area contributed by atoms with Gasteiger partial charge in [-0.05, 0) is 45.6 Å². The van der Waals surface area contributed by atoms with E-state index in [1.54, 1.807) is 10.4 Å². The van der Waals surface area contributed by atoms with Gasteiger partial charge in [0.15, 0.2) is 0 Å². The molecule has 2 heterocycles.